The maximum atomic E-state index is 12.9. The molecule has 0 bridgehead atoms. The van der Waals surface area contributed by atoms with Gasteiger partial charge in [-0.25, -0.2) is 4.98 Å². The highest BCUT2D eigenvalue weighted by Crippen LogP contribution is 2.32. The first-order chi connectivity index (χ1) is 15.1. The van der Waals surface area contributed by atoms with E-state index >= 15 is 0 Å². The first-order valence-corrected chi connectivity index (χ1v) is 10.7. The zero-order chi connectivity index (χ0) is 21.8. The van der Waals surface area contributed by atoms with Crippen molar-refractivity contribution in [2.24, 2.45) is 5.92 Å². The van der Waals surface area contributed by atoms with Crippen LogP contribution >= 0.6 is 0 Å². The maximum absolute atomic E-state index is 12.9. The smallest absolute Gasteiger partial charge is 0.227 e. The second-order valence-corrected chi connectivity index (χ2v) is 8.07. The Labute approximate surface area is 182 Å². The first kappa shape index (κ1) is 21.1. The summed E-state index contributed by atoms with van der Waals surface area (Å²) in [7, 11) is 3.70. The number of likely N-dealkylation sites (N-methyl/N-ethyl adjacent to an activating group) is 1. The zero-order valence-corrected chi connectivity index (χ0v) is 18.1. The van der Waals surface area contributed by atoms with Gasteiger partial charge in [0.15, 0.2) is 0 Å². The monoisotopic (exact) mass is 423 g/mol. The van der Waals surface area contributed by atoms with Crippen molar-refractivity contribution >= 4 is 23.3 Å². The fourth-order valence-electron chi connectivity index (χ4n) is 4.17. The summed E-state index contributed by atoms with van der Waals surface area (Å²) in [5.41, 5.74) is 1.70. The van der Waals surface area contributed by atoms with Gasteiger partial charge in [0.1, 0.15) is 11.6 Å². The molecule has 164 valence electrons. The van der Waals surface area contributed by atoms with E-state index in [9.17, 15) is 9.59 Å². The van der Waals surface area contributed by atoms with Crippen LogP contribution in [0.15, 0.2) is 42.6 Å². The molecule has 31 heavy (non-hydrogen) atoms. The number of piperazine rings is 1. The van der Waals surface area contributed by atoms with Gasteiger partial charge in [0.05, 0.1) is 18.7 Å². The van der Waals surface area contributed by atoms with Crippen molar-refractivity contribution in [1.82, 2.24) is 15.2 Å². The van der Waals surface area contributed by atoms with E-state index in [1.807, 2.05) is 36.4 Å². The molecule has 0 spiro atoms. The number of nitrogens with zero attached hydrogens (tertiary/aromatic N) is 4. The van der Waals surface area contributed by atoms with Crippen LogP contribution in [0.2, 0.25) is 0 Å². The SMILES string of the molecule is COc1ccccc1N1CC(C(=O)NCc2cccnc2N2CCN(C)CC2)CC1=O. The van der Waals surface area contributed by atoms with Gasteiger partial charge in [-0.2, -0.15) is 0 Å². The lowest BCUT2D eigenvalue weighted by Crippen LogP contribution is -2.45. The highest BCUT2D eigenvalue weighted by Gasteiger charge is 2.36. The number of para-hydroxylation sites is 2. The summed E-state index contributed by atoms with van der Waals surface area (Å²) in [6.07, 6.45) is 1.99. The molecule has 1 atom stereocenters. The van der Waals surface area contributed by atoms with Crippen LogP contribution in [0.3, 0.4) is 0 Å². The van der Waals surface area contributed by atoms with E-state index in [1.54, 1.807) is 18.2 Å². The molecule has 0 aliphatic carbocycles. The summed E-state index contributed by atoms with van der Waals surface area (Å²) < 4.78 is 5.38. The summed E-state index contributed by atoms with van der Waals surface area (Å²) in [5, 5.41) is 3.02. The summed E-state index contributed by atoms with van der Waals surface area (Å²) >= 11 is 0. The standard InChI is InChI=1S/C23H29N5O3/c1-26-10-12-27(13-11-26)22-17(6-5-9-24-22)15-25-23(30)18-14-21(29)28(16-18)19-7-3-4-8-20(19)31-2/h3-9,18H,10-16H2,1-2H3,(H,25,30). The average Bonchev–Trinajstić information content (AvgIpc) is 3.19. The van der Waals surface area contributed by atoms with E-state index in [0.717, 1.165) is 37.6 Å². The van der Waals surface area contributed by atoms with E-state index in [-0.39, 0.29) is 24.2 Å². The summed E-state index contributed by atoms with van der Waals surface area (Å²) in [5.74, 6) is 0.988. The number of aromatic nitrogens is 1. The van der Waals surface area contributed by atoms with Gasteiger partial charge >= 0.3 is 0 Å². The molecule has 0 saturated carbocycles. The van der Waals surface area contributed by atoms with Crippen molar-refractivity contribution in [1.29, 1.82) is 0 Å². The Kier molecular flexibility index (Phi) is 6.36. The van der Waals surface area contributed by atoms with Crippen LogP contribution in [0.4, 0.5) is 11.5 Å². The van der Waals surface area contributed by atoms with Crippen molar-refractivity contribution in [3.05, 3.63) is 48.2 Å². The van der Waals surface area contributed by atoms with Gasteiger partial charge < -0.3 is 24.8 Å². The average molecular weight is 424 g/mol. The van der Waals surface area contributed by atoms with Crippen LogP contribution in [-0.4, -0.2) is 68.6 Å². The van der Waals surface area contributed by atoms with E-state index in [4.69, 9.17) is 4.74 Å². The van der Waals surface area contributed by atoms with Gasteiger partial charge in [-0.05, 0) is 25.2 Å². The molecule has 1 aromatic carbocycles. The second kappa shape index (κ2) is 9.34. The molecule has 4 rings (SSSR count). The Morgan fingerprint density at radius 3 is 2.71 bits per heavy atom. The van der Waals surface area contributed by atoms with Gasteiger partial charge in [-0.15, -0.1) is 0 Å². The van der Waals surface area contributed by atoms with Crippen molar-refractivity contribution < 1.29 is 14.3 Å². The number of hydrogen-bond acceptors (Lipinski definition) is 6. The largest absolute Gasteiger partial charge is 0.495 e. The lowest BCUT2D eigenvalue weighted by molar-refractivity contribution is -0.126. The number of methoxy groups -OCH3 is 1. The predicted molar refractivity (Wildman–Crippen MR) is 119 cm³/mol. The molecular formula is C23H29N5O3. The molecule has 1 unspecified atom stereocenters. The maximum Gasteiger partial charge on any atom is 0.227 e. The molecule has 8 nitrogen and oxygen atoms in total. The highest BCUT2D eigenvalue weighted by atomic mass is 16.5. The fraction of sp³-hybridized carbons (Fsp3) is 0.435. The minimum absolute atomic E-state index is 0.0656. The molecule has 2 aliphatic heterocycles. The van der Waals surface area contributed by atoms with Crippen molar-refractivity contribution in [2.75, 3.05) is 56.7 Å². The van der Waals surface area contributed by atoms with Crippen molar-refractivity contribution in [3.8, 4) is 5.75 Å². The summed E-state index contributed by atoms with van der Waals surface area (Å²) in [6, 6.07) is 11.3. The van der Waals surface area contributed by atoms with Crippen molar-refractivity contribution in [2.45, 2.75) is 13.0 Å². The van der Waals surface area contributed by atoms with Crippen LogP contribution in [0.1, 0.15) is 12.0 Å². The summed E-state index contributed by atoms with van der Waals surface area (Å²) in [6.45, 7) is 4.56. The number of hydrogen-bond donors (Lipinski definition) is 1. The number of amides is 2. The molecule has 3 heterocycles. The molecule has 2 aliphatic rings. The van der Waals surface area contributed by atoms with E-state index < -0.39 is 0 Å². The number of carbonyl (C=O) groups excluding carboxylic acids is 2. The van der Waals surface area contributed by atoms with Crippen LogP contribution in [0.25, 0.3) is 0 Å². The normalized spacial score (nSPS) is 19.5. The third kappa shape index (κ3) is 4.64. The zero-order valence-electron chi connectivity index (χ0n) is 18.1. The van der Waals surface area contributed by atoms with Gasteiger partial charge in [0.25, 0.3) is 0 Å². The minimum Gasteiger partial charge on any atom is -0.495 e. The van der Waals surface area contributed by atoms with Gasteiger partial charge in [0, 0.05) is 57.4 Å². The van der Waals surface area contributed by atoms with Crippen LogP contribution in [0, 0.1) is 5.92 Å². The molecule has 2 amide bonds. The molecule has 1 aromatic heterocycles. The lowest BCUT2D eigenvalue weighted by Gasteiger charge is -2.34. The number of benzene rings is 1. The lowest BCUT2D eigenvalue weighted by atomic mass is 10.1. The number of ether oxygens (including phenoxy) is 1. The third-order valence-corrected chi connectivity index (χ3v) is 6.00. The highest BCUT2D eigenvalue weighted by molar-refractivity contribution is 6.01. The number of carbonyl (C=O) groups is 2. The molecule has 2 saturated heterocycles. The van der Waals surface area contributed by atoms with Crippen LogP contribution < -0.4 is 19.9 Å². The molecule has 2 aromatic rings. The Bertz CT molecular complexity index is 942. The number of rotatable bonds is 6. The minimum atomic E-state index is -0.388. The molecule has 1 N–H and O–H groups in total. The Balaban J connectivity index is 1.39. The number of anilines is 2. The molecule has 2 fully saturated rings. The van der Waals surface area contributed by atoms with Gasteiger partial charge in [-0.3, -0.25) is 9.59 Å². The second-order valence-electron chi connectivity index (χ2n) is 8.07. The van der Waals surface area contributed by atoms with E-state index in [1.165, 1.54) is 0 Å². The van der Waals surface area contributed by atoms with Crippen LogP contribution in [0.5, 0.6) is 5.75 Å². The fourth-order valence-corrected chi connectivity index (χ4v) is 4.17. The van der Waals surface area contributed by atoms with E-state index in [2.05, 4.69) is 27.1 Å². The Morgan fingerprint density at radius 1 is 1.16 bits per heavy atom. The van der Waals surface area contributed by atoms with Gasteiger partial charge in [0.2, 0.25) is 11.8 Å². The molecule has 0 radical (unpaired) electrons. The molecular weight excluding hydrogens is 394 g/mol. The predicted octanol–water partition coefficient (Wildman–Crippen LogP) is 1.51. The molecule has 8 heteroatoms. The van der Waals surface area contributed by atoms with Crippen molar-refractivity contribution in [3.63, 3.8) is 0 Å². The Morgan fingerprint density at radius 2 is 1.94 bits per heavy atom. The number of nitrogens with one attached hydrogen (secondary N) is 1. The van der Waals surface area contributed by atoms with Gasteiger partial charge in [-0.1, -0.05) is 18.2 Å². The third-order valence-electron chi connectivity index (χ3n) is 6.00. The number of pyridine rings is 1. The first-order valence-electron chi connectivity index (χ1n) is 10.7. The quantitative estimate of drug-likeness (QED) is 0.759. The summed E-state index contributed by atoms with van der Waals surface area (Å²) in [4.78, 5) is 36.2. The Hall–Kier alpha value is -3.13. The topological polar surface area (TPSA) is 78.0 Å². The van der Waals surface area contributed by atoms with Crippen LogP contribution in [-0.2, 0) is 16.1 Å². The van der Waals surface area contributed by atoms with E-state index in [0.29, 0.717) is 24.5 Å².